The molecule has 2 N–H and O–H groups in total. The molecule has 0 saturated heterocycles. The molecule has 0 bridgehead atoms. The van der Waals surface area contributed by atoms with E-state index >= 15 is 0 Å². The highest BCUT2D eigenvalue weighted by Gasteiger charge is 2.26. The van der Waals surface area contributed by atoms with Crippen molar-refractivity contribution in [3.63, 3.8) is 0 Å². The Morgan fingerprint density at radius 1 is 1.14 bits per heavy atom. The fraction of sp³-hybridized carbons (Fsp3) is 0.200. The van der Waals surface area contributed by atoms with Gasteiger partial charge in [-0.2, -0.15) is 5.10 Å². The van der Waals surface area contributed by atoms with E-state index in [1.165, 1.54) is 18.3 Å². The fourth-order valence-electron chi connectivity index (χ4n) is 2.34. The minimum atomic E-state index is -1.25. The number of carboxylic acid groups (broad SMARTS) is 1. The van der Waals surface area contributed by atoms with E-state index in [1.807, 2.05) is 0 Å². The molecule has 2 amide bonds. The minimum absolute atomic E-state index is 0.0750. The SMILES string of the molecule is O=C(N/N=C\c1cc(Cl)ccc1OCc1ccc(C(=O)[O-])cc1)C(=O)NC1CC1. The fourth-order valence-corrected chi connectivity index (χ4v) is 2.52. The second-order valence-electron chi connectivity index (χ2n) is 6.40. The molecule has 2 aromatic carbocycles. The topological polar surface area (TPSA) is 120 Å². The quantitative estimate of drug-likeness (QED) is 0.398. The van der Waals surface area contributed by atoms with E-state index in [2.05, 4.69) is 15.8 Å². The molecule has 3 rings (SSSR count). The van der Waals surface area contributed by atoms with Crippen molar-refractivity contribution < 1.29 is 24.2 Å². The molecule has 2 aromatic rings. The number of carboxylic acids is 1. The number of nitrogens with one attached hydrogen (secondary N) is 2. The van der Waals surface area contributed by atoms with Crippen LogP contribution in [-0.4, -0.2) is 30.0 Å². The molecule has 0 atom stereocenters. The van der Waals surface area contributed by atoms with Crippen LogP contribution in [0.4, 0.5) is 0 Å². The van der Waals surface area contributed by atoms with Crippen molar-refractivity contribution in [2.75, 3.05) is 0 Å². The maximum absolute atomic E-state index is 11.7. The number of carbonyl (C=O) groups is 3. The normalized spacial score (nSPS) is 13.1. The summed E-state index contributed by atoms with van der Waals surface area (Å²) in [5.41, 5.74) is 3.48. The highest BCUT2D eigenvalue weighted by Crippen LogP contribution is 2.22. The van der Waals surface area contributed by atoms with Gasteiger partial charge in [0.15, 0.2) is 0 Å². The van der Waals surface area contributed by atoms with Gasteiger partial charge in [-0.1, -0.05) is 35.9 Å². The van der Waals surface area contributed by atoms with Gasteiger partial charge < -0.3 is 20.0 Å². The molecule has 9 heteroatoms. The van der Waals surface area contributed by atoms with E-state index in [-0.39, 0.29) is 18.2 Å². The van der Waals surface area contributed by atoms with E-state index < -0.39 is 17.8 Å². The van der Waals surface area contributed by atoms with Crippen LogP contribution in [0.15, 0.2) is 47.6 Å². The van der Waals surface area contributed by atoms with Crippen molar-refractivity contribution in [2.45, 2.75) is 25.5 Å². The van der Waals surface area contributed by atoms with Gasteiger partial charge in [0, 0.05) is 16.6 Å². The van der Waals surface area contributed by atoms with Gasteiger partial charge in [-0.15, -0.1) is 0 Å². The number of amides is 2. The number of carbonyl (C=O) groups excluding carboxylic acids is 3. The first-order valence-electron chi connectivity index (χ1n) is 8.79. The summed E-state index contributed by atoms with van der Waals surface area (Å²) in [6.07, 6.45) is 3.07. The number of nitrogens with zero attached hydrogens (tertiary/aromatic N) is 1. The van der Waals surface area contributed by atoms with Crippen LogP contribution in [0, 0.1) is 0 Å². The summed E-state index contributed by atoms with van der Waals surface area (Å²) in [5.74, 6) is -2.39. The largest absolute Gasteiger partial charge is 0.545 e. The molecule has 1 aliphatic rings. The molecule has 29 heavy (non-hydrogen) atoms. The summed E-state index contributed by atoms with van der Waals surface area (Å²) in [6, 6.07) is 11.0. The van der Waals surface area contributed by atoms with Crippen molar-refractivity contribution in [3.8, 4) is 5.75 Å². The van der Waals surface area contributed by atoms with Crippen molar-refractivity contribution >= 4 is 35.6 Å². The van der Waals surface area contributed by atoms with Crippen LogP contribution in [-0.2, 0) is 16.2 Å². The van der Waals surface area contributed by atoms with Gasteiger partial charge in [0.05, 0.1) is 12.2 Å². The van der Waals surface area contributed by atoms with Gasteiger partial charge in [-0.3, -0.25) is 9.59 Å². The Hall–Kier alpha value is -3.39. The first-order chi connectivity index (χ1) is 13.9. The summed E-state index contributed by atoms with van der Waals surface area (Å²) in [6.45, 7) is 0.173. The number of ether oxygens (including phenoxy) is 1. The van der Waals surface area contributed by atoms with Gasteiger partial charge in [0.2, 0.25) is 0 Å². The third-order valence-corrected chi connectivity index (χ3v) is 4.28. The van der Waals surface area contributed by atoms with Crippen LogP contribution in [0.2, 0.25) is 5.02 Å². The minimum Gasteiger partial charge on any atom is -0.545 e. The zero-order valence-electron chi connectivity index (χ0n) is 15.2. The average Bonchev–Trinajstić information content (AvgIpc) is 3.51. The lowest BCUT2D eigenvalue weighted by atomic mass is 10.1. The molecule has 0 unspecified atom stereocenters. The smallest absolute Gasteiger partial charge is 0.329 e. The standard InChI is InChI=1S/C20H18ClN3O5/c21-15-5-8-17(29-11-12-1-3-13(4-2-12)20(27)28)14(9-15)10-22-24-19(26)18(25)23-16-6-7-16/h1-5,8-10,16H,6-7,11H2,(H,23,25)(H,24,26)(H,27,28)/p-1/b22-10-. The van der Waals surface area contributed by atoms with Gasteiger partial charge in [-0.25, -0.2) is 5.43 Å². The highest BCUT2D eigenvalue weighted by molar-refractivity contribution is 6.35. The molecule has 8 nitrogen and oxygen atoms in total. The number of benzene rings is 2. The molecule has 1 aliphatic carbocycles. The number of hydrogen-bond acceptors (Lipinski definition) is 6. The molecular formula is C20H17ClN3O5-. The number of hydrogen-bond donors (Lipinski definition) is 2. The lowest BCUT2D eigenvalue weighted by Gasteiger charge is -2.10. The second-order valence-corrected chi connectivity index (χ2v) is 6.84. The van der Waals surface area contributed by atoms with E-state index in [0.717, 1.165) is 18.4 Å². The third-order valence-electron chi connectivity index (χ3n) is 4.04. The molecule has 150 valence electrons. The number of aromatic carboxylic acids is 1. The van der Waals surface area contributed by atoms with Crippen LogP contribution in [0.5, 0.6) is 5.75 Å². The van der Waals surface area contributed by atoms with Crippen LogP contribution in [0.25, 0.3) is 0 Å². The van der Waals surface area contributed by atoms with Crippen molar-refractivity contribution in [1.82, 2.24) is 10.7 Å². The molecule has 0 aliphatic heterocycles. The molecule has 0 aromatic heterocycles. The summed E-state index contributed by atoms with van der Waals surface area (Å²) >= 11 is 6.01. The molecule has 1 fully saturated rings. The first kappa shape index (κ1) is 20.3. The van der Waals surface area contributed by atoms with Crippen LogP contribution < -0.4 is 20.6 Å². The zero-order chi connectivity index (χ0) is 20.8. The van der Waals surface area contributed by atoms with E-state index in [9.17, 15) is 19.5 Å². The lowest BCUT2D eigenvalue weighted by Crippen LogP contribution is -2.38. The lowest BCUT2D eigenvalue weighted by molar-refractivity contribution is -0.255. The summed E-state index contributed by atoms with van der Waals surface area (Å²) in [7, 11) is 0. The van der Waals surface area contributed by atoms with Crippen LogP contribution >= 0.6 is 11.6 Å². The molecular weight excluding hydrogens is 398 g/mol. The Balaban J connectivity index is 1.61. The number of rotatable bonds is 7. The first-order valence-corrected chi connectivity index (χ1v) is 9.16. The Morgan fingerprint density at radius 2 is 1.86 bits per heavy atom. The van der Waals surface area contributed by atoms with Gasteiger partial charge >= 0.3 is 11.8 Å². The second kappa shape index (κ2) is 9.20. The molecule has 0 heterocycles. The van der Waals surface area contributed by atoms with Gasteiger partial charge in [-0.05, 0) is 42.2 Å². The molecule has 0 radical (unpaired) electrons. The van der Waals surface area contributed by atoms with E-state index in [1.54, 1.807) is 30.3 Å². The van der Waals surface area contributed by atoms with E-state index in [0.29, 0.717) is 16.3 Å². The highest BCUT2D eigenvalue weighted by atomic mass is 35.5. The van der Waals surface area contributed by atoms with Crippen molar-refractivity contribution in [3.05, 3.63) is 64.2 Å². The van der Waals surface area contributed by atoms with Crippen LogP contribution in [0.3, 0.4) is 0 Å². The summed E-state index contributed by atoms with van der Waals surface area (Å²) in [5, 5.41) is 17.6. The van der Waals surface area contributed by atoms with Crippen LogP contribution in [0.1, 0.15) is 34.3 Å². The predicted octanol–water partition coefficient (Wildman–Crippen LogP) is 1.01. The predicted molar refractivity (Wildman–Crippen MR) is 103 cm³/mol. The maximum atomic E-state index is 11.7. The van der Waals surface area contributed by atoms with E-state index in [4.69, 9.17) is 16.3 Å². The summed E-state index contributed by atoms with van der Waals surface area (Å²) < 4.78 is 5.74. The number of halogens is 1. The Labute approximate surface area is 171 Å². The molecule has 0 spiro atoms. The van der Waals surface area contributed by atoms with Crippen molar-refractivity contribution in [1.29, 1.82) is 0 Å². The van der Waals surface area contributed by atoms with Gasteiger partial charge in [0.1, 0.15) is 12.4 Å². The Bertz CT molecular complexity index is 955. The molecule has 1 saturated carbocycles. The van der Waals surface area contributed by atoms with Crippen molar-refractivity contribution in [2.24, 2.45) is 5.10 Å². The monoisotopic (exact) mass is 414 g/mol. The van der Waals surface area contributed by atoms with Gasteiger partial charge in [0.25, 0.3) is 0 Å². The number of hydrazone groups is 1. The zero-order valence-corrected chi connectivity index (χ0v) is 15.9. The Morgan fingerprint density at radius 3 is 2.52 bits per heavy atom. The average molecular weight is 415 g/mol. The summed E-state index contributed by atoms with van der Waals surface area (Å²) in [4.78, 5) is 34.1. The third kappa shape index (κ3) is 6.05. The Kier molecular flexibility index (Phi) is 6.46. The maximum Gasteiger partial charge on any atom is 0.329 e.